The van der Waals surface area contributed by atoms with Gasteiger partial charge in [-0.05, 0) is 12.1 Å². The first-order chi connectivity index (χ1) is 9.79. The Labute approximate surface area is 122 Å². The highest BCUT2D eigenvalue weighted by Gasteiger charge is 2.25. The highest BCUT2D eigenvalue weighted by atomic mass is 32.2. The number of aromatic nitrogens is 1. The molecule has 1 aromatic carbocycles. The highest BCUT2D eigenvalue weighted by Crippen LogP contribution is 2.25. The summed E-state index contributed by atoms with van der Waals surface area (Å²) in [6.45, 7) is -0.187. The minimum Gasteiger partial charge on any atom is -0.399 e. The van der Waals surface area contributed by atoms with Gasteiger partial charge in [-0.2, -0.15) is 0 Å². The molecule has 0 saturated carbocycles. The molecular formula is C10H10N4O5S2. The van der Waals surface area contributed by atoms with Crippen molar-refractivity contribution in [2.75, 3.05) is 5.73 Å². The molecule has 0 spiro atoms. The van der Waals surface area contributed by atoms with Crippen molar-refractivity contribution in [3.05, 3.63) is 49.1 Å². The summed E-state index contributed by atoms with van der Waals surface area (Å²) in [4.78, 5) is 22.6. The number of sulfonamides is 1. The lowest BCUT2D eigenvalue weighted by Crippen LogP contribution is -2.24. The summed E-state index contributed by atoms with van der Waals surface area (Å²) in [5.74, 6) is 0. The predicted molar refractivity (Wildman–Crippen MR) is 76.5 cm³/mol. The van der Waals surface area contributed by atoms with Crippen molar-refractivity contribution in [3.8, 4) is 0 Å². The Kier molecular flexibility index (Phi) is 4.06. The third-order valence-electron chi connectivity index (χ3n) is 2.49. The predicted octanol–water partition coefficient (Wildman–Crippen LogP) is 0.405. The zero-order chi connectivity index (χ0) is 15.6. The first kappa shape index (κ1) is 15.2. The molecule has 11 heteroatoms. The average Bonchev–Trinajstić information content (AvgIpc) is 2.82. The van der Waals surface area contributed by atoms with Crippen LogP contribution in [-0.2, 0) is 16.6 Å². The van der Waals surface area contributed by atoms with Crippen LogP contribution in [0.3, 0.4) is 0 Å². The molecule has 0 fully saturated rings. The van der Waals surface area contributed by atoms with Crippen LogP contribution in [0.1, 0.15) is 5.69 Å². The number of nitrogens with two attached hydrogens (primary N) is 1. The molecule has 0 aliphatic rings. The van der Waals surface area contributed by atoms with E-state index in [1.165, 1.54) is 11.4 Å². The number of nitro groups is 1. The molecule has 0 aliphatic carbocycles. The van der Waals surface area contributed by atoms with E-state index in [0.29, 0.717) is 5.69 Å². The van der Waals surface area contributed by atoms with Crippen LogP contribution in [0.2, 0.25) is 0 Å². The van der Waals surface area contributed by atoms with Gasteiger partial charge in [0.25, 0.3) is 5.69 Å². The Morgan fingerprint density at radius 1 is 1.43 bits per heavy atom. The number of hydrogen-bond acceptors (Lipinski definition) is 7. The standard InChI is InChI=1S/C10H10N4O5S2/c11-6-1-2-8(14(16)17)9(3-6)21(18,19)12-4-7-5-20-10(15)13-7/h1-3,5,12H,4,11H2,(H,13,15). The Morgan fingerprint density at radius 3 is 2.71 bits per heavy atom. The molecule has 9 nitrogen and oxygen atoms in total. The number of nitrogens with one attached hydrogen (secondary N) is 2. The van der Waals surface area contributed by atoms with Crippen molar-refractivity contribution in [1.29, 1.82) is 0 Å². The molecule has 0 radical (unpaired) electrons. The lowest BCUT2D eigenvalue weighted by atomic mass is 10.3. The summed E-state index contributed by atoms with van der Waals surface area (Å²) < 4.78 is 26.4. The number of nitrogen functional groups attached to an aromatic ring is 1. The summed E-state index contributed by atoms with van der Waals surface area (Å²) in [7, 11) is -4.14. The summed E-state index contributed by atoms with van der Waals surface area (Å²) in [5, 5.41) is 12.3. The van der Waals surface area contributed by atoms with Crippen LogP contribution in [-0.4, -0.2) is 18.3 Å². The number of rotatable bonds is 5. The lowest BCUT2D eigenvalue weighted by Gasteiger charge is -2.07. The summed E-state index contributed by atoms with van der Waals surface area (Å²) in [6.07, 6.45) is 0. The van der Waals surface area contributed by atoms with Gasteiger partial charge < -0.3 is 10.7 Å². The fourth-order valence-corrected chi connectivity index (χ4v) is 3.34. The molecule has 0 aliphatic heterocycles. The number of thiazole rings is 1. The zero-order valence-electron chi connectivity index (χ0n) is 10.4. The maximum absolute atomic E-state index is 12.1. The topological polar surface area (TPSA) is 148 Å². The third-order valence-corrected chi connectivity index (χ3v) is 4.64. The van der Waals surface area contributed by atoms with Crippen molar-refractivity contribution in [1.82, 2.24) is 9.71 Å². The number of hydrogen-bond donors (Lipinski definition) is 3. The second-order valence-corrected chi connectivity index (χ2v) is 6.56. The number of anilines is 1. The van der Waals surface area contributed by atoms with Gasteiger partial charge in [0.2, 0.25) is 10.0 Å². The van der Waals surface area contributed by atoms with Gasteiger partial charge >= 0.3 is 4.87 Å². The SMILES string of the molecule is Nc1ccc([N+](=O)[O-])c(S(=O)(=O)NCc2csc(=O)[nH]2)c1. The maximum atomic E-state index is 12.1. The van der Waals surface area contributed by atoms with Crippen molar-refractivity contribution in [2.24, 2.45) is 0 Å². The number of nitro benzene ring substituents is 1. The number of benzene rings is 1. The quantitative estimate of drug-likeness (QED) is 0.410. The maximum Gasteiger partial charge on any atom is 0.304 e. The van der Waals surface area contributed by atoms with Crippen molar-refractivity contribution < 1.29 is 13.3 Å². The molecule has 21 heavy (non-hydrogen) atoms. The molecule has 2 aromatic rings. The second-order valence-electron chi connectivity index (χ2n) is 3.98. The fraction of sp³-hybridized carbons (Fsp3) is 0.100. The molecule has 0 bridgehead atoms. The zero-order valence-corrected chi connectivity index (χ0v) is 12.0. The van der Waals surface area contributed by atoms with E-state index in [9.17, 15) is 23.3 Å². The minimum absolute atomic E-state index is 0.0879. The second kappa shape index (κ2) is 5.63. The first-order valence-corrected chi connectivity index (χ1v) is 7.86. The monoisotopic (exact) mass is 330 g/mol. The summed E-state index contributed by atoms with van der Waals surface area (Å²) in [5.41, 5.74) is 5.35. The Morgan fingerprint density at radius 2 is 2.14 bits per heavy atom. The number of H-pyrrole nitrogens is 1. The highest BCUT2D eigenvalue weighted by molar-refractivity contribution is 7.89. The Balaban J connectivity index is 2.33. The van der Waals surface area contributed by atoms with Crippen LogP contribution in [0.4, 0.5) is 11.4 Å². The van der Waals surface area contributed by atoms with Gasteiger partial charge in [0.1, 0.15) is 0 Å². The van der Waals surface area contributed by atoms with Crippen LogP contribution < -0.4 is 15.3 Å². The number of nitrogens with zero attached hydrogens (tertiary/aromatic N) is 1. The van der Waals surface area contributed by atoms with Gasteiger partial charge in [0.15, 0.2) is 4.90 Å². The van der Waals surface area contributed by atoms with Gasteiger partial charge in [-0.1, -0.05) is 11.3 Å². The van der Waals surface area contributed by atoms with Crippen LogP contribution in [0.25, 0.3) is 0 Å². The van der Waals surface area contributed by atoms with Crippen molar-refractivity contribution in [2.45, 2.75) is 11.4 Å². The van der Waals surface area contributed by atoms with E-state index in [-0.39, 0.29) is 17.1 Å². The molecule has 2 rings (SSSR count). The van der Waals surface area contributed by atoms with Crippen LogP contribution in [0.15, 0.2) is 33.3 Å². The van der Waals surface area contributed by atoms with E-state index in [0.717, 1.165) is 23.5 Å². The molecule has 112 valence electrons. The van der Waals surface area contributed by atoms with Crippen LogP contribution in [0, 0.1) is 10.1 Å². The van der Waals surface area contributed by atoms with E-state index >= 15 is 0 Å². The van der Waals surface area contributed by atoms with E-state index in [1.54, 1.807) is 0 Å². The smallest absolute Gasteiger partial charge is 0.304 e. The molecule has 0 amide bonds. The minimum atomic E-state index is -4.14. The van der Waals surface area contributed by atoms with Gasteiger partial charge in [-0.25, -0.2) is 13.1 Å². The molecule has 1 aromatic heterocycles. The molecular weight excluding hydrogens is 320 g/mol. The van der Waals surface area contributed by atoms with E-state index in [2.05, 4.69) is 9.71 Å². The Bertz CT molecular complexity index is 839. The molecule has 0 unspecified atom stereocenters. The Hall–Kier alpha value is -2.24. The van der Waals surface area contributed by atoms with E-state index < -0.39 is 25.5 Å². The summed E-state index contributed by atoms with van der Waals surface area (Å²) >= 11 is 0.887. The molecule has 0 atom stereocenters. The first-order valence-electron chi connectivity index (χ1n) is 5.50. The van der Waals surface area contributed by atoms with Crippen LogP contribution in [0.5, 0.6) is 0 Å². The molecule has 1 heterocycles. The van der Waals surface area contributed by atoms with Crippen LogP contribution >= 0.6 is 11.3 Å². The van der Waals surface area contributed by atoms with E-state index in [4.69, 9.17) is 5.73 Å². The van der Waals surface area contributed by atoms with Gasteiger partial charge in [-0.15, -0.1) is 0 Å². The van der Waals surface area contributed by atoms with Gasteiger partial charge in [0, 0.05) is 22.8 Å². The summed E-state index contributed by atoms with van der Waals surface area (Å²) in [6, 6.07) is 3.28. The van der Waals surface area contributed by atoms with Gasteiger partial charge in [-0.3, -0.25) is 14.9 Å². The van der Waals surface area contributed by atoms with Crippen molar-refractivity contribution in [3.63, 3.8) is 0 Å². The normalized spacial score (nSPS) is 11.4. The molecule has 0 saturated heterocycles. The van der Waals surface area contributed by atoms with E-state index in [1.807, 2.05) is 0 Å². The lowest BCUT2D eigenvalue weighted by molar-refractivity contribution is -0.387. The third kappa shape index (κ3) is 3.45. The number of aromatic amines is 1. The molecule has 4 N–H and O–H groups in total. The largest absolute Gasteiger partial charge is 0.399 e. The average molecular weight is 330 g/mol. The van der Waals surface area contributed by atoms with Gasteiger partial charge in [0.05, 0.1) is 11.5 Å². The fourth-order valence-electron chi connectivity index (χ4n) is 1.55. The van der Waals surface area contributed by atoms with Crippen molar-refractivity contribution >= 4 is 32.7 Å².